The highest BCUT2D eigenvalue weighted by Crippen LogP contribution is 2.23. The zero-order valence-corrected chi connectivity index (χ0v) is 10.6. The SMILES string of the molecule is C1CCN(C2(C3NCCN3)CNCCN2)CC1. The van der Waals surface area contributed by atoms with Crippen LogP contribution in [0.1, 0.15) is 19.3 Å². The van der Waals surface area contributed by atoms with Crippen molar-refractivity contribution in [1.29, 1.82) is 0 Å². The zero-order valence-electron chi connectivity index (χ0n) is 10.6. The van der Waals surface area contributed by atoms with Crippen LogP contribution in [0.3, 0.4) is 0 Å². The van der Waals surface area contributed by atoms with Gasteiger partial charge in [0.2, 0.25) is 0 Å². The molecule has 0 aromatic heterocycles. The van der Waals surface area contributed by atoms with Crippen molar-refractivity contribution in [3.63, 3.8) is 0 Å². The number of piperidine rings is 1. The Bertz CT molecular complexity index is 239. The van der Waals surface area contributed by atoms with Crippen LogP contribution in [0.15, 0.2) is 0 Å². The minimum atomic E-state index is 0.0785. The summed E-state index contributed by atoms with van der Waals surface area (Å²) in [7, 11) is 0. The van der Waals surface area contributed by atoms with Gasteiger partial charge >= 0.3 is 0 Å². The van der Waals surface area contributed by atoms with Gasteiger partial charge in [-0.05, 0) is 12.8 Å². The maximum Gasteiger partial charge on any atom is 0.113 e. The molecule has 0 bridgehead atoms. The number of nitrogens with zero attached hydrogens (tertiary/aromatic N) is 1. The smallest absolute Gasteiger partial charge is 0.113 e. The highest BCUT2D eigenvalue weighted by Gasteiger charge is 2.45. The summed E-state index contributed by atoms with van der Waals surface area (Å²) in [6.45, 7) is 7.82. The van der Waals surface area contributed by atoms with Crippen LogP contribution in [0, 0.1) is 0 Å². The Hall–Kier alpha value is -0.200. The molecule has 0 spiro atoms. The van der Waals surface area contributed by atoms with E-state index in [1.807, 2.05) is 0 Å². The summed E-state index contributed by atoms with van der Waals surface area (Å²) < 4.78 is 0. The molecule has 3 rings (SSSR count). The summed E-state index contributed by atoms with van der Waals surface area (Å²) in [4.78, 5) is 2.65. The van der Waals surface area contributed by atoms with Crippen LogP contribution >= 0.6 is 0 Å². The van der Waals surface area contributed by atoms with E-state index in [0.717, 1.165) is 32.7 Å². The second-order valence-corrected chi connectivity index (χ2v) is 5.42. The predicted molar refractivity (Wildman–Crippen MR) is 68.8 cm³/mol. The van der Waals surface area contributed by atoms with Gasteiger partial charge in [-0.1, -0.05) is 6.42 Å². The van der Waals surface area contributed by atoms with Crippen LogP contribution < -0.4 is 21.3 Å². The third-order valence-corrected chi connectivity index (χ3v) is 4.35. The van der Waals surface area contributed by atoms with Gasteiger partial charge in [0.1, 0.15) is 5.66 Å². The van der Waals surface area contributed by atoms with Crippen molar-refractivity contribution in [1.82, 2.24) is 26.2 Å². The Balaban J connectivity index is 1.78. The molecule has 5 nitrogen and oxygen atoms in total. The normalized spacial score (nSPS) is 37.4. The Morgan fingerprint density at radius 1 is 0.882 bits per heavy atom. The first-order valence-corrected chi connectivity index (χ1v) is 7.09. The first-order chi connectivity index (χ1) is 8.42. The predicted octanol–water partition coefficient (Wildman–Crippen LogP) is -1.12. The fourth-order valence-electron chi connectivity index (χ4n) is 3.45. The second kappa shape index (κ2) is 5.20. The van der Waals surface area contributed by atoms with Gasteiger partial charge in [-0.2, -0.15) is 0 Å². The average Bonchev–Trinajstić information content (AvgIpc) is 2.95. The lowest BCUT2D eigenvalue weighted by molar-refractivity contribution is -0.00690. The van der Waals surface area contributed by atoms with Crippen molar-refractivity contribution in [2.45, 2.75) is 31.1 Å². The number of likely N-dealkylation sites (tertiary alicyclic amines) is 1. The molecule has 4 N–H and O–H groups in total. The molecule has 0 radical (unpaired) electrons. The number of nitrogens with one attached hydrogen (secondary N) is 4. The van der Waals surface area contributed by atoms with Gasteiger partial charge in [0.15, 0.2) is 0 Å². The minimum absolute atomic E-state index is 0.0785. The van der Waals surface area contributed by atoms with Gasteiger partial charge in [0.05, 0.1) is 6.17 Å². The molecule has 3 fully saturated rings. The van der Waals surface area contributed by atoms with E-state index in [0.29, 0.717) is 6.17 Å². The van der Waals surface area contributed by atoms with E-state index < -0.39 is 0 Å². The summed E-state index contributed by atoms with van der Waals surface area (Å²) in [5, 5.41) is 14.6. The molecule has 5 heteroatoms. The summed E-state index contributed by atoms with van der Waals surface area (Å²) in [6, 6.07) is 0. The third-order valence-electron chi connectivity index (χ3n) is 4.35. The Kier molecular flexibility index (Phi) is 3.63. The first-order valence-electron chi connectivity index (χ1n) is 7.09. The molecule has 0 aromatic carbocycles. The van der Waals surface area contributed by atoms with Crippen LogP contribution in [0.5, 0.6) is 0 Å². The van der Waals surface area contributed by atoms with Crippen LogP contribution in [0.4, 0.5) is 0 Å². The van der Waals surface area contributed by atoms with E-state index in [9.17, 15) is 0 Å². The summed E-state index contributed by atoms with van der Waals surface area (Å²) in [6.07, 6.45) is 4.46. The molecule has 98 valence electrons. The molecule has 3 heterocycles. The van der Waals surface area contributed by atoms with Crippen LogP contribution in [-0.4, -0.2) is 62.5 Å². The quantitative estimate of drug-likeness (QED) is 0.492. The molecular formula is C12H25N5. The largest absolute Gasteiger partial charge is 0.312 e. The topological polar surface area (TPSA) is 51.4 Å². The van der Waals surface area contributed by atoms with E-state index in [4.69, 9.17) is 0 Å². The summed E-state index contributed by atoms with van der Waals surface area (Å²) >= 11 is 0. The molecule has 0 aromatic rings. The average molecular weight is 239 g/mol. The summed E-state index contributed by atoms with van der Waals surface area (Å²) in [5.41, 5.74) is 0.0785. The fourth-order valence-corrected chi connectivity index (χ4v) is 3.45. The van der Waals surface area contributed by atoms with E-state index >= 15 is 0 Å². The molecule has 0 saturated carbocycles. The van der Waals surface area contributed by atoms with E-state index in [1.54, 1.807) is 0 Å². The monoisotopic (exact) mass is 239 g/mol. The molecule has 0 amide bonds. The lowest BCUT2D eigenvalue weighted by atomic mass is 9.98. The van der Waals surface area contributed by atoms with Gasteiger partial charge < -0.3 is 5.32 Å². The molecule has 3 aliphatic rings. The van der Waals surface area contributed by atoms with Crippen molar-refractivity contribution >= 4 is 0 Å². The van der Waals surface area contributed by atoms with E-state index in [1.165, 1.54) is 32.4 Å². The number of piperazine rings is 1. The molecule has 0 aliphatic carbocycles. The molecule has 1 unspecified atom stereocenters. The molecule has 3 saturated heterocycles. The minimum Gasteiger partial charge on any atom is -0.312 e. The lowest BCUT2D eigenvalue weighted by Crippen LogP contribution is -2.77. The van der Waals surface area contributed by atoms with Crippen molar-refractivity contribution in [2.24, 2.45) is 0 Å². The number of hydrogen-bond donors (Lipinski definition) is 4. The highest BCUT2D eigenvalue weighted by molar-refractivity contribution is 5.03. The van der Waals surface area contributed by atoms with Gasteiger partial charge in [0, 0.05) is 45.8 Å². The van der Waals surface area contributed by atoms with E-state index in [-0.39, 0.29) is 5.66 Å². The third kappa shape index (κ3) is 2.22. The fraction of sp³-hybridized carbons (Fsp3) is 1.00. The Labute approximate surface area is 104 Å². The van der Waals surface area contributed by atoms with Crippen LogP contribution in [0.25, 0.3) is 0 Å². The maximum absolute atomic E-state index is 3.78. The van der Waals surface area contributed by atoms with Gasteiger partial charge in [-0.3, -0.25) is 20.9 Å². The van der Waals surface area contributed by atoms with E-state index in [2.05, 4.69) is 26.2 Å². The molecule has 1 atom stereocenters. The number of rotatable bonds is 2. The van der Waals surface area contributed by atoms with Crippen molar-refractivity contribution in [3.05, 3.63) is 0 Å². The highest BCUT2D eigenvalue weighted by atomic mass is 15.4. The Morgan fingerprint density at radius 3 is 2.29 bits per heavy atom. The van der Waals surface area contributed by atoms with Crippen LogP contribution in [-0.2, 0) is 0 Å². The van der Waals surface area contributed by atoms with Crippen molar-refractivity contribution < 1.29 is 0 Å². The molecule has 17 heavy (non-hydrogen) atoms. The standard InChI is InChI=1S/C12H25N5/c1-2-8-17(9-3-1)12(10-13-4-7-16-12)11-14-5-6-15-11/h11,13-16H,1-10H2. The lowest BCUT2D eigenvalue weighted by Gasteiger charge is -2.51. The second-order valence-electron chi connectivity index (χ2n) is 5.42. The number of hydrogen-bond acceptors (Lipinski definition) is 5. The molecule has 3 aliphatic heterocycles. The summed E-state index contributed by atoms with van der Waals surface area (Å²) in [5.74, 6) is 0. The van der Waals surface area contributed by atoms with Gasteiger partial charge in [-0.25, -0.2) is 0 Å². The Morgan fingerprint density at radius 2 is 1.65 bits per heavy atom. The van der Waals surface area contributed by atoms with Crippen LogP contribution in [0.2, 0.25) is 0 Å². The van der Waals surface area contributed by atoms with Crippen molar-refractivity contribution in [2.75, 3.05) is 45.8 Å². The van der Waals surface area contributed by atoms with Gasteiger partial charge in [0.25, 0.3) is 0 Å². The maximum atomic E-state index is 3.78. The van der Waals surface area contributed by atoms with Gasteiger partial charge in [-0.15, -0.1) is 0 Å². The van der Waals surface area contributed by atoms with Crippen molar-refractivity contribution in [3.8, 4) is 0 Å². The first kappa shape index (κ1) is 11.9. The zero-order chi connectivity index (χ0) is 11.6. The molecular weight excluding hydrogens is 214 g/mol.